The largest absolute Gasteiger partial charge is 0.497 e. The molecular weight excluding hydrogens is 290 g/mol. The third-order valence-corrected chi connectivity index (χ3v) is 3.42. The molecule has 0 aliphatic heterocycles. The van der Waals surface area contributed by atoms with Crippen molar-refractivity contribution in [3.63, 3.8) is 0 Å². The predicted octanol–water partition coefficient (Wildman–Crippen LogP) is 3.19. The van der Waals surface area contributed by atoms with Crippen molar-refractivity contribution in [1.29, 1.82) is 0 Å². The standard InChI is InChI=1S/C18H17N3O2/c1-23-17-8-3-6-15(12-17)18(22)20-16-7-2-5-14(11-16)13-21-10-4-9-19-21/h2-12H,13H2,1H3,(H,20,22). The zero-order chi connectivity index (χ0) is 16.1. The molecule has 2 aromatic carbocycles. The monoisotopic (exact) mass is 307 g/mol. The molecule has 0 aliphatic carbocycles. The van der Waals surface area contributed by atoms with Crippen LogP contribution in [-0.4, -0.2) is 22.8 Å². The Morgan fingerprint density at radius 1 is 1.17 bits per heavy atom. The minimum atomic E-state index is -0.167. The summed E-state index contributed by atoms with van der Waals surface area (Å²) in [6.45, 7) is 0.663. The van der Waals surface area contributed by atoms with E-state index in [1.807, 2.05) is 47.3 Å². The Kier molecular flexibility index (Phi) is 4.38. The van der Waals surface area contributed by atoms with Crippen LogP contribution in [0.2, 0.25) is 0 Å². The van der Waals surface area contributed by atoms with Crippen molar-refractivity contribution in [2.45, 2.75) is 6.54 Å². The van der Waals surface area contributed by atoms with Gasteiger partial charge in [0, 0.05) is 23.6 Å². The predicted molar refractivity (Wildman–Crippen MR) is 88.7 cm³/mol. The SMILES string of the molecule is COc1cccc(C(=O)Nc2cccc(Cn3cccn3)c2)c1. The van der Waals surface area contributed by atoms with Gasteiger partial charge < -0.3 is 10.1 Å². The molecule has 0 atom stereocenters. The van der Waals surface area contributed by atoms with Crippen molar-refractivity contribution >= 4 is 11.6 Å². The summed E-state index contributed by atoms with van der Waals surface area (Å²) >= 11 is 0. The maximum atomic E-state index is 12.3. The molecule has 1 N–H and O–H groups in total. The first-order chi connectivity index (χ1) is 11.2. The molecule has 0 saturated heterocycles. The van der Waals surface area contributed by atoms with Gasteiger partial charge in [-0.15, -0.1) is 0 Å². The second-order valence-corrected chi connectivity index (χ2v) is 5.09. The van der Waals surface area contributed by atoms with E-state index in [4.69, 9.17) is 4.74 Å². The van der Waals surface area contributed by atoms with Crippen molar-refractivity contribution in [1.82, 2.24) is 9.78 Å². The van der Waals surface area contributed by atoms with Crippen molar-refractivity contribution in [2.75, 3.05) is 12.4 Å². The molecule has 0 aliphatic rings. The number of carbonyl (C=O) groups excluding carboxylic acids is 1. The number of anilines is 1. The molecule has 1 aromatic heterocycles. The Morgan fingerprint density at radius 2 is 2.04 bits per heavy atom. The molecule has 3 rings (SSSR count). The van der Waals surface area contributed by atoms with Gasteiger partial charge in [0.15, 0.2) is 0 Å². The van der Waals surface area contributed by atoms with Crippen LogP contribution in [0.4, 0.5) is 5.69 Å². The van der Waals surface area contributed by atoms with E-state index in [-0.39, 0.29) is 5.91 Å². The number of ether oxygens (including phenoxy) is 1. The van der Waals surface area contributed by atoms with Gasteiger partial charge in [-0.1, -0.05) is 18.2 Å². The fourth-order valence-electron chi connectivity index (χ4n) is 2.30. The van der Waals surface area contributed by atoms with Gasteiger partial charge >= 0.3 is 0 Å². The first-order valence-electron chi connectivity index (χ1n) is 7.26. The Bertz CT molecular complexity index is 798. The normalized spacial score (nSPS) is 10.3. The minimum absolute atomic E-state index is 0.167. The van der Waals surface area contributed by atoms with E-state index in [2.05, 4.69) is 10.4 Å². The summed E-state index contributed by atoms with van der Waals surface area (Å²) in [4.78, 5) is 12.3. The molecule has 23 heavy (non-hydrogen) atoms. The Balaban J connectivity index is 1.73. The number of aromatic nitrogens is 2. The number of carbonyl (C=O) groups is 1. The third-order valence-electron chi connectivity index (χ3n) is 3.42. The van der Waals surface area contributed by atoms with E-state index in [0.717, 1.165) is 11.3 Å². The highest BCUT2D eigenvalue weighted by Gasteiger charge is 2.07. The molecular formula is C18H17N3O2. The first kappa shape index (κ1) is 14.8. The van der Waals surface area contributed by atoms with E-state index in [1.165, 1.54) is 0 Å². The van der Waals surface area contributed by atoms with Crippen molar-refractivity contribution in [2.24, 2.45) is 0 Å². The summed E-state index contributed by atoms with van der Waals surface area (Å²) < 4.78 is 6.98. The van der Waals surface area contributed by atoms with Crippen LogP contribution in [0.1, 0.15) is 15.9 Å². The minimum Gasteiger partial charge on any atom is -0.497 e. The Morgan fingerprint density at radius 3 is 2.83 bits per heavy atom. The van der Waals surface area contributed by atoms with Crippen LogP contribution in [0.25, 0.3) is 0 Å². The summed E-state index contributed by atoms with van der Waals surface area (Å²) in [5.74, 6) is 0.491. The molecule has 116 valence electrons. The molecule has 0 spiro atoms. The fraction of sp³-hybridized carbons (Fsp3) is 0.111. The number of methoxy groups -OCH3 is 1. The Hall–Kier alpha value is -3.08. The van der Waals surface area contributed by atoms with Gasteiger partial charge in [0.1, 0.15) is 5.75 Å². The van der Waals surface area contributed by atoms with E-state index >= 15 is 0 Å². The summed E-state index contributed by atoms with van der Waals surface area (Å²) in [6.07, 6.45) is 3.65. The molecule has 0 unspecified atom stereocenters. The van der Waals surface area contributed by atoms with Crippen LogP contribution in [0.15, 0.2) is 67.0 Å². The molecule has 0 bridgehead atoms. The van der Waals surface area contributed by atoms with Crippen molar-refractivity contribution in [3.8, 4) is 5.75 Å². The van der Waals surface area contributed by atoms with Crippen LogP contribution in [-0.2, 0) is 6.54 Å². The zero-order valence-electron chi connectivity index (χ0n) is 12.8. The lowest BCUT2D eigenvalue weighted by Gasteiger charge is -2.09. The van der Waals surface area contributed by atoms with E-state index in [9.17, 15) is 4.79 Å². The van der Waals surface area contributed by atoms with Crippen molar-refractivity contribution < 1.29 is 9.53 Å². The fourth-order valence-corrected chi connectivity index (χ4v) is 2.30. The quantitative estimate of drug-likeness (QED) is 0.787. The average Bonchev–Trinajstić information content (AvgIpc) is 3.08. The van der Waals surface area contributed by atoms with Gasteiger partial charge in [0.25, 0.3) is 5.91 Å². The highest BCUT2D eigenvalue weighted by molar-refractivity contribution is 6.04. The maximum Gasteiger partial charge on any atom is 0.255 e. The molecule has 1 amide bonds. The van der Waals surface area contributed by atoms with Crippen molar-refractivity contribution in [3.05, 3.63) is 78.1 Å². The number of nitrogens with one attached hydrogen (secondary N) is 1. The zero-order valence-corrected chi connectivity index (χ0v) is 12.8. The number of hydrogen-bond acceptors (Lipinski definition) is 3. The molecule has 3 aromatic rings. The highest BCUT2D eigenvalue weighted by Crippen LogP contribution is 2.16. The summed E-state index contributed by atoms with van der Waals surface area (Å²) in [6, 6.07) is 16.7. The smallest absolute Gasteiger partial charge is 0.255 e. The lowest BCUT2D eigenvalue weighted by molar-refractivity contribution is 0.102. The van der Waals surface area contributed by atoms with Gasteiger partial charge in [-0.25, -0.2) is 0 Å². The second-order valence-electron chi connectivity index (χ2n) is 5.09. The molecule has 1 heterocycles. The highest BCUT2D eigenvalue weighted by atomic mass is 16.5. The molecule has 0 radical (unpaired) electrons. The molecule has 5 heteroatoms. The summed E-state index contributed by atoms with van der Waals surface area (Å²) in [5.41, 5.74) is 2.38. The lowest BCUT2D eigenvalue weighted by atomic mass is 10.1. The molecule has 0 fully saturated rings. The van der Waals surface area contributed by atoms with E-state index in [1.54, 1.807) is 31.5 Å². The van der Waals surface area contributed by atoms with Crippen LogP contribution >= 0.6 is 0 Å². The van der Waals surface area contributed by atoms with Gasteiger partial charge in [0.05, 0.1) is 13.7 Å². The van der Waals surface area contributed by atoms with Crippen LogP contribution < -0.4 is 10.1 Å². The topological polar surface area (TPSA) is 56.1 Å². The maximum absolute atomic E-state index is 12.3. The summed E-state index contributed by atoms with van der Waals surface area (Å²) in [5, 5.41) is 7.09. The van der Waals surface area contributed by atoms with E-state index < -0.39 is 0 Å². The van der Waals surface area contributed by atoms with Gasteiger partial charge in [-0.2, -0.15) is 5.10 Å². The number of hydrogen-bond donors (Lipinski definition) is 1. The second kappa shape index (κ2) is 6.79. The van der Waals surface area contributed by atoms with Gasteiger partial charge in [-0.3, -0.25) is 9.48 Å². The van der Waals surface area contributed by atoms with E-state index in [0.29, 0.717) is 17.9 Å². The molecule has 0 saturated carbocycles. The van der Waals surface area contributed by atoms with Crippen LogP contribution in [0.3, 0.4) is 0 Å². The number of nitrogens with zero attached hydrogens (tertiary/aromatic N) is 2. The summed E-state index contributed by atoms with van der Waals surface area (Å²) in [7, 11) is 1.58. The number of amides is 1. The third kappa shape index (κ3) is 3.77. The van der Waals surface area contributed by atoms with Crippen LogP contribution in [0.5, 0.6) is 5.75 Å². The lowest BCUT2D eigenvalue weighted by Crippen LogP contribution is -2.12. The van der Waals surface area contributed by atoms with Crippen LogP contribution in [0, 0.1) is 0 Å². The Labute approximate surface area is 134 Å². The van der Waals surface area contributed by atoms with Gasteiger partial charge in [0.2, 0.25) is 0 Å². The average molecular weight is 307 g/mol. The van der Waals surface area contributed by atoms with Gasteiger partial charge in [-0.05, 0) is 42.0 Å². The first-order valence-corrected chi connectivity index (χ1v) is 7.26. The number of rotatable bonds is 5. The number of benzene rings is 2. The molecule has 5 nitrogen and oxygen atoms in total.